The van der Waals surface area contributed by atoms with Crippen LogP contribution in [0.3, 0.4) is 0 Å². The number of anilines is 1. The zero-order valence-electron chi connectivity index (χ0n) is 14.9. The van der Waals surface area contributed by atoms with E-state index >= 15 is 0 Å². The molecule has 4 amide bonds. The summed E-state index contributed by atoms with van der Waals surface area (Å²) in [6.07, 6.45) is 0.503. The molecule has 144 valence electrons. The molecule has 0 spiro atoms. The molecular weight excluding hydrogens is 426 g/mol. The van der Waals surface area contributed by atoms with Gasteiger partial charge in [0.25, 0.3) is 5.91 Å². The van der Waals surface area contributed by atoms with Gasteiger partial charge in [-0.2, -0.15) is 0 Å². The van der Waals surface area contributed by atoms with Gasteiger partial charge >= 0.3 is 0 Å². The normalized spacial score (nSPS) is 13.5. The van der Waals surface area contributed by atoms with Crippen molar-refractivity contribution >= 4 is 45.2 Å². The largest absolute Gasteiger partial charge is 0.343 e. The van der Waals surface area contributed by atoms with Crippen molar-refractivity contribution < 1.29 is 19.2 Å². The van der Waals surface area contributed by atoms with Gasteiger partial charge in [0.05, 0.1) is 13.1 Å². The Kier molecular flexibility index (Phi) is 6.20. The molecule has 1 aliphatic rings. The topological polar surface area (TPSA) is 95.6 Å². The Hall–Kier alpha value is -3.00. The number of hydrogen-bond acceptors (Lipinski definition) is 4. The van der Waals surface area contributed by atoms with E-state index in [9.17, 15) is 19.2 Å². The zero-order chi connectivity index (χ0) is 20.1. The zero-order valence-corrected chi connectivity index (χ0v) is 16.5. The van der Waals surface area contributed by atoms with Crippen LogP contribution in [0.5, 0.6) is 0 Å². The lowest BCUT2D eigenvalue weighted by Gasteiger charge is -2.14. The molecule has 0 unspecified atom stereocenters. The Bertz CT molecular complexity index is 894. The number of imide groups is 1. The van der Waals surface area contributed by atoms with Crippen LogP contribution in [-0.2, 0) is 20.9 Å². The third-order valence-corrected chi connectivity index (χ3v) is 4.78. The first kappa shape index (κ1) is 19.8. The minimum absolute atomic E-state index is 0.159. The second-order valence-corrected chi connectivity index (χ2v) is 7.22. The number of amides is 4. The number of nitrogens with one attached hydrogen (secondary N) is 2. The van der Waals surface area contributed by atoms with Gasteiger partial charge in [-0.05, 0) is 42.0 Å². The molecule has 0 saturated carbocycles. The first-order valence-electron chi connectivity index (χ1n) is 8.68. The van der Waals surface area contributed by atoms with Gasteiger partial charge in [-0.3, -0.25) is 24.1 Å². The molecule has 0 atom stereocenters. The Morgan fingerprint density at radius 2 is 1.54 bits per heavy atom. The molecule has 3 rings (SSSR count). The van der Waals surface area contributed by atoms with Gasteiger partial charge in [0, 0.05) is 28.6 Å². The van der Waals surface area contributed by atoms with E-state index in [1.807, 2.05) is 0 Å². The lowest BCUT2D eigenvalue weighted by Crippen LogP contribution is -2.32. The van der Waals surface area contributed by atoms with E-state index < -0.39 is 0 Å². The summed E-state index contributed by atoms with van der Waals surface area (Å²) >= 11 is 3.32. The summed E-state index contributed by atoms with van der Waals surface area (Å²) in [5.41, 5.74) is 1.78. The summed E-state index contributed by atoms with van der Waals surface area (Å²) in [7, 11) is 0. The van der Waals surface area contributed by atoms with Gasteiger partial charge in [-0.15, -0.1) is 0 Å². The van der Waals surface area contributed by atoms with Crippen molar-refractivity contribution in [2.45, 2.75) is 19.4 Å². The Morgan fingerprint density at radius 1 is 0.929 bits per heavy atom. The number of benzene rings is 2. The molecule has 0 radical (unpaired) electrons. The van der Waals surface area contributed by atoms with Crippen molar-refractivity contribution in [1.29, 1.82) is 0 Å². The minimum Gasteiger partial charge on any atom is -0.343 e. The monoisotopic (exact) mass is 443 g/mol. The van der Waals surface area contributed by atoms with Crippen LogP contribution in [0.2, 0.25) is 0 Å². The maximum Gasteiger partial charge on any atom is 0.251 e. The molecule has 8 heteroatoms. The van der Waals surface area contributed by atoms with Crippen molar-refractivity contribution in [2.75, 3.05) is 11.9 Å². The fourth-order valence-corrected chi connectivity index (χ4v) is 3.01. The van der Waals surface area contributed by atoms with Gasteiger partial charge in [0.15, 0.2) is 0 Å². The Labute approximate surface area is 170 Å². The van der Waals surface area contributed by atoms with Crippen LogP contribution in [0.25, 0.3) is 0 Å². The third kappa shape index (κ3) is 5.04. The average molecular weight is 444 g/mol. The molecular formula is C20H18BrN3O4. The summed E-state index contributed by atoms with van der Waals surface area (Å²) in [6.45, 7) is 0.0442. The molecule has 2 aromatic carbocycles. The quantitative estimate of drug-likeness (QED) is 0.670. The summed E-state index contributed by atoms with van der Waals surface area (Å²) in [5.74, 6) is -1.07. The van der Waals surface area contributed by atoms with Gasteiger partial charge < -0.3 is 10.6 Å². The van der Waals surface area contributed by atoms with E-state index in [1.54, 1.807) is 48.5 Å². The predicted octanol–water partition coefficient (Wildman–Crippen LogP) is 2.47. The van der Waals surface area contributed by atoms with Gasteiger partial charge in [0.2, 0.25) is 17.7 Å². The minimum atomic E-state index is -0.383. The summed E-state index contributed by atoms with van der Waals surface area (Å²) in [5, 5.41) is 5.25. The number of rotatable bonds is 6. The van der Waals surface area contributed by atoms with Crippen LogP contribution in [0, 0.1) is 0 Å². The second-order valence-electron chi connectivity index (χ2n) is 6.31. The highest BCUT2D eigenvalue weighted by Crippen LogP contribution is 2.16. The molecule has 0 aromatic heterocycles. The maximum atomic E-state index is 12.2. The SMILES string of the molecule is O=C(CNC(=O)c1ccc(CN2C(=O)CCC2=O)cc1)Nc1ccc(Br)cc1. The molecule has 2 N–H and O–H groups in total. The number of halogens is 1. The lowest BCUT2D eigenvalue weighted by molar-refractivity contribution is -0.139. The van der Waals surface area contributed by atoms with Crippen LogP contribution in [0.1, 0.15) is 28.8 Å². The maximum absolute atomic E-state index is 12.2. The van der Waals surface area contributed by atoms with E-state index in [0.29, 0.717) is 11.3 Å². The number of carbonyl (C=O) groups excluding carboxylic acids is 4. The number of likely N-dealkylation sites (tertiary alicyclic amines) is 1. The molecule has 0 bridgehead atoms. The fourth-order valence-electron chi connectivity index (χ4n) is 2.74. The Balaban J connectivity index is 1.50. The first-order valence-corrected chi connectivity index (χ1v) is 9.47. The van der Waals surface area contributed by atoms with Crippen molar-refractivity contribution in [3.63, 3.8) is 0 Å². The highest BCUT2D eigenvalue weighted by molar-refractivity contribution is 9.10. The molecule has 0 aliphatic carbocycles. The highest BCUT2D eigenvalue weighted by Gasteiger charge is 2.28. The van der Waals surface area contributed by atoms with Crippen molar-refractivity contribution in [3.05, 3.63) is 64.1 Å². The summed E-state index contributed by atoms with van der Waals surface area (Å²) in [6, 6.07) is 13.7. The highest BCUT2D eigenvalue weighted by atomic mass is 79.9. The van der Waals surface area contributed by atoms with Crippen molar-refractivity contribution in [1.82, 2.24) is 10.2 Å². The van der Waals surface area contributed by atoms with Crippen LogP contribution in [-0.4, -0.2) is 35.1 Å². The fraction of sp³-hybridized carbons (Fsp3) is 0.200. The van der Waals surface area contributed by atoms with E-state index in [2.05, 4.69) is 26.6 Å². The van der Waals surface area contributed by atoms with E-state index in [-0.39, 0.29) is 49.6 Å². The van der Waals surface area contributed by atoms with E-state index in [1.165, 1.54) is 4.90 Å². The average Bonchev–Trinajstić information content (AvgIpc) is 3.00. The smallest absolute Gasteiger partial charge is 0.251 e. The number of nitrogens with zero attached hydrogens (tertiary/aromatic N) is 1. The molecule has 28 heavy (non-hydrogen) atoms. The van der Waals surface area contributed by atoms with Gasteiger partial charge in [-0.25, -0.2) is 0 Å². The molecule has 1 saturated heterocycles. The van der Waals surface area contributed by atoms with E-state index in [4.69, 9.17) is 0 Å². The van der Waals surface area contributed by atoms with Crippen LogP contribution >= 0.6 is 15.9 Å². The van der Waals surface area contributed by atoms with Crippen LogP contribution < -0.4 is 10.6 Å². The van der Waals surface area contributed by atoms with Crippen LogP contribution in [0.15, 0.2) is 53.0 Å². The van der Waals surface area contributed by atoms with Gasteiger partial charge in [-0.1, -0.05) is 28.1 Å². The molecule has 1 heterocycles. The lowest BCUT2D eigenvalue weighted by atomic mass is 10.1. The Morgan fingerprint density at radius 3 is 2.14 bits per heavy atom. The predicted molar refractivity (Wildman–Crippen MR) is 106 cm³/mol. The molecule has 2 aromatic rings. The molecule has 1 aliphatic heterocycles. The number of hydrogen-bond donors (Lipinski definition) is 2. The van der Waals surface area contributed by atoms with E-state index in [0.717, 1.165) is 10.0 Å². The summed E-state index contributed by atoms with van der Waals surface area (Å²) in [4.78, 5) is 48.7. The van der Waals surface area contributed by atoms with Crippen molar-refractivity contribution in [2.24, 2.45) is 0 Å². The molecule has 7 nitrogen and oxygen atoms in total. The van der Waals surface area contributed by atoms with Crippen LogP contribution in [0.4, 0.5) is 5.69 Å². The third-order valence-electron chi connectivity index (χ3n) is 4.25. The first-order chi connectivity index (χ1) is 13.4. The number of carbonyl (C=O) groups is 4. The van der Waals surface area contributed by atoms with Gasteiger partial charge in [0.1, 0.15) is 0 Å². The van der Waals surface area contributed by atoms with Crippen molar-refractivity contribution in [3.8, 4) is 0 Å². The standard InChI is InChI=1S/C20H18BrN3O4/c21-15-5-7-16(8-6-15)23-17(25)11-22-20(28)14-3-1-13(2-4-14)12-24-18(26)9-10-19(24)27/h1-8H,9-12H2,(H,22,28)(H,23,25). The summed E-state index contributed by atoms with van der Waals surface area (Å²) < 4.78 is 0.903. The second kappa shape index (κ2) is 8.79. The molecule has 1 fully saturated rings.